The highest BCUT2D eigenvalue weighted by atomic mass is 19.4. The average Bonchev–Trinajstić information content (AvgIpc) is 2.74. The standard InChI is InChI=1S/C23H23F4N3O/c1-28-21(23(25,26)27)17-9-2-4-11-19(17)29-14-15-7-6-8-16(13-15)22(31)30-20-12-5-3-10-18(20)24/h3,5-8,10,12-13,29H,2,4,9,11,14H2,1H3,(H,30,31). The third kappa shape index (κ3) is 5.71. The van der Waals surface area contributed by atoms with E-state index in [-0.39, 0.29) is 17.8 Å². The molecule has 31 heavy (non-hydrogen) atoms. The van der Waals surface area contributed by atoms with E-state index in [9.17, 15) is 22.4 Å². The lowest BCUT2D eigenvalue weighted by Crippen LogP contribution is -2.30. The molecule has 0 fully saturated rings. The van der Waals surface area contributed by atoms with Gasteiger partial charge in [-0.15, -0.1) is 0 Å². The Morgan fingerprint density at radius 2 is 1.81 bits per heavy atom. The zero-order valence-corrected chi connectivity index (χ0v) is 17.0. The highest BCUT2D eigenvalue weighted by molar-refractivity contribution is 6.05. The predicted molar refractivity (Wildman–Crippen MR) is 113 cm³/mol. The minimum atomic E-state index is -4.50. The van der Waals surface area contributed by atoms with Crippen LogP contribution in [0, 0.1) is 5.82 Å². The van der Waals surface area contributed by atoms with Crippen LogP contribution in [0.15, 0.2) is 64.8 Å². The first-order valence-electron chi connectivity index (χ1n) is 9.94. The molecular weight excluding hydrogens is 410 g/mol. The molecule has 8 heteroatoms. The normalized spacial score (nSPS) is 15.1. The number of nitrogens with zero attached hydrogens (tertiary/aromatic N) is 1. The van der Waals surface area contributed by atoms with Gasteiger partial charge in [0.2, 0.25) is 0 Å². The summed E-state index contributed by atoms with van der Waals surface area (Å²) in [6, 6.07) is 12.5. The zero-order valence-electron chi connectivity index (χ0n) is 17.0. The number of halogens is 4. The van der Waals surface area contributed by atoms with E-state index < -0.39 is 23.6 Å². The van der Waals surface area contributed by atoms with Crippen LogP contribution in [0.3, 0.4) is 0 Å². The van der Waals surface area contributed by atoms with E-state index >= 15 is 0 Å². The van der Waals surface area contributed by atoms with Crippen LogP contribution in [0.5, 0.6) is 0 Å². The van der Waals surface area contributed by atoms with Gasteiger partial charge in [-0.05, 0) is 55.5 Å². The Kier molecular flexibility index (Phi) is 7.09. The third-order valence-electron chi connectivity index (χ3n) is 5.06. The SMILES string of the molecule is CN=C(C1=C(NCc2cccc(C(=O)Nc3ccccc3F)c2)CCCC1)C(F)(F)F. The van der Waals surface area contributed by atoms with Gasteiger partial charge in [-0.3, -0.25) is 9.79 Å². The van der Waals surface area contributed by atoms with Crippen molar-refractivity contribution in [1.29, 1.82) is 0 Å². The van der Waals surface area contributed by atoms with Crippen LogP contribution in [-0.2, 0) is 6.54 Å². The number of nitrogens with one attached hydrogen (secondary N) is 2. The van der Waals surface area contributed by atoms with Gasteiger partial charge in [0.15, 0.2) is 0 Å². The fourth-order valence-electron chi connectivity index (χ4n) is 3.58. The van der Waals surface area contributed by atoms with E-state index in [2.05, 4.69) is 15.6 Å². The molecule has 0 aliphatic heterocycles. The topological polar surface area (TPSA) is 53.5 Å². The Morgan fingerprint density at radius 3 is 2.52 bits per heavy atom. The number of rotatable bonds is 6. The molecule has 1 amide bonds. The van der Waals surface area contributed by atoms with Crippen molar-refractivity contribution in [1.82, 2.24) is 5.32 Å². The molecule has 0 bridgehead atoms. The highest BCUT2D eigenvalue weighted by Crippen LogP contribution is 2.31. The first-order valence-corrected chi connectivity index (χ1v) is 9.94. The molecular formula is C23H23F4N3O. The van der Waals surface area contributed by atoms with E-state index in [0.717, 1.165) is 19.0 Å². The maximum atomic E-state index is 13.8. The van der Waals surface area contributed by atoms with E-state index in [1.807, 2.05) is 0 Å². The molecule has 0 heterocycles. The minimum absolute atomic E-state index is 0.0755. The number of anilines is 1. The second-order valence-electron chi connectivity index (χ2n) is 7.22. The second-order valence-corrected chi connectivity index (χ2v) is 7.22. The summed E-state index contributed by atoms with van der Waals surface area (Å²) in [5, 5.41) is 5.63. The molecule has 4 nitrogen and oxygen atoms in total. The first kappa shape index (κ1) is 22.5. The molecule has 2 aromatic rings. The van der Waals surface area contributed by atoms with Crippen molar-refractivity contribution in [2.45, 2.75) is 38.4 Å². The molecule has 1 aliphatic rings. The predicted octanol–water partition coefficient (Wildman–Crippen LogP) is 5.63. The van der Waals surface area contributed by atoms with E-state index in [1.54, 1.807) is 30.3 Å². The number of para-hydroxylation sites is 1. The summed E-state index contributed by atoms with van der Waals surface area (Å²) in [6.45, 7) is 0.258. The fourth-order valence-corrected chi connectivity index (χ4v) is 3.58. The number of benzene rings is 2. The number of alkyl halides is 3. The number of allylic oxidation sites excluding steroid dienone is 2. The van der Waals surface area contributed by atoms with Crippen LogP contribution in [0.4, 0.5) is 23.2 Å². The number of amides is 1. The van der Waals surface area contributed by atoms with Crippen molar-refractivity contribution < 1.29 is 22.4 Å². The number of carbonyl (C=O) groups excluding carboxylic acids is 1. The van der Waals surface area contributed by atoms with E-state index in [0.29, 0.717) is 30.5 Å². The Bertz CT molecular complexity index is 1010. The Labute approximate surface area is 178 Å². The molecule has 0 radical (unpaired) electrons. The van der Waals surface area contributed by atoms with Crippen molar-refractivity contribution in [3.05, 3.63) is 76.7 Å². The molecule has 2 aromatic carbocycles. The number of aliphatic imine (C=N–C) groups is 1. The van der Waals surface area contributed by atoms with Crippen LogP contribution in [0.2, 0.25) is 0 Å². The molecule has 0 aromatic heterocycles. The van der Waals surface area contributed by atoms with Gasteiger partial charge in [0, 0.05) is 30.4 Å². The van der Waals surface area contributed by atoms with Gasteiger partial charge in [0.05, 0.1) is 5.69 Å². The summed E-state index contributed by atoms with van der Waals surface area (Å²) in [6.07, 6.45) is -2.19. The number of carbonyl (C=O) groups is 1. The third-order valence-corrected chi connectivity index (χ3v) is 5.06. The largest absolute Gasteiger partial charge is 0.433 e. The van der Waals surface area contributed by atoms with Crippen molar-refractivity contribution >= 4 is 17.3 Å². The number of hydrogen-bond donors (Lipinski definition) is 2. The Balaban J connectivity index is 1.74. The lowest BCUT2D eigenvalue weighted by atomic mass is 9.92. The monoisotopic (exact) mass is 433 g/mol. The number of hydrogen-bond acceptors (Lipinski definition) is 3. The summed E-state index contributed by atoms with van der Waals surface area (Å²) < 4.78 is 53.7. The molecule has 0 atom stereocenters. The lowest BCUT2D eigenvalue weighted by molar-refractivity contribution is -0.0585. The van der Waals surface area contributed by atoms with Crippen LogP contribution < -0.4 is 10.6 Å². The highest BCUT2D eigenvalue weighted by Gasteiger charge is 2.39. The van der Waals surface area contributed by atoms with Gasteiger partial charge in [-0.1, -0.05) is 24.3 Å². The Morgan fingerprint density at radius 1 is 1.06 bits per heavy atom. The van der Waals surface area contributed by atoms with Gasteiger partial charge < -0.3 is 10.6 Å². The molecule has 3 rings (SSSR count). The molecule has 1 aliphatic carbocycles. The molecule has 0 saturated heterocycles. The second kappa shape index (κ2) is 9.76. The lowest BCUT2D eigenvalue weighted by Gasteiger charge is -2.24. The summed E-state index contributed by atoms with van der Waals surface area (Å²) in [5.74, 6) is -1.01. The van der Waals surface area contributed by atoms with Crippen LogP contribution in [0.25, 0.3) is 0 Å². The van der Waals surface area contributed by atoms with E-state index in [4.69, 9.17) is 0 Å². The van der Waals surface area contributed by atoms with Crippen LogP contribution >= 0.6 is 0 Å². The minimum Gasteiger partial charge on any atom is -0.384 e. The van der Waals surface area contributed by atoms with E-state index in [1.165, 1.54) is 18.2 Å². The molecule has 164 valence electrons. The first-order chi connectivity index (χ1) is 14.8. The van der Waals surface area contributed by atoms with Crippen molar-refractivity contribution in [3.8, 4) is 0 Å². The molecule has 0 spiro atoms. The molecule has 0 saturated carbocycles. The average molecular weight is 433 g/mol. The van der Waals surface area contributed by atoms with Gasteiger partial charge in [-0.2, -0.15) is 13.2 Å². The maximum absolute atomic E-state index is 13.8. The Hall–Kier alpha value is -3.16. The van der Waals surface area contributed by atoms with Crippen LogP contribution in [0.1, 0.15) is 41.6 Å². The summed E-state index contributed by atoms with van der Waals surface area (Å²) in [5.41, 5.74) is 1.02. The van der Waals surface area contributed by atoms with Gasteiger partial charge >= 0.3 is 6.18 Å². The summed E-state index contributed by atoms with van der Waals surface area (Å²) in [7, 11) is 1.15. The molecule has 2 N–H and O–H groups in total. The summed E-state index contributed by atoms with van der Waals surface area (Å²) in [4.78, 5) is 15.9. The van der Waals surface area contributed by atoms with Gasteiger partial charge in [0.1, 0.15) is 11.5 Å². The van der Waals surface area contributed by atoms with Gasteiger partial charge in [-0.25, -0.2) is 4.39 Å². The van der Waals surface area contributed by atoms with Gasteiger partial charge in [0.25, 0.3) is 5.91 Å². The van der Waals surface area contributed by atoms with Crippen LogP contribution in [-0.4, -0.2) is 24.8 Å². The smallest absolute Gasteiger partial charge is 0.384 e. The van der Waals surface area contributed by atoms with Crippen molar-refractivity contribution in [3.63, 3.8) is 0 Å². The maximum Gasteiger partial charge on any atom is 0.433 e. The quantitative estimate of drug-likeness (QED) is 0.458. The fraction of sp³-hybridized carbons (Fsp3) is 0.304. The zero-order chi connectivity index (χ0) is 22.4. The van der Waals surface area contributed by atoms with Crippen molar-refractivity contribution in [2.24, 2.45) is 4.99 Å². The van der Waals surface area contributed by atoms with Crippen molar-refractivity contribution in [2.75, 3.05) is 12.4 Å². The molecule has 0 unspecified atom stereocenters. The summed E-state index contributed by atoms with van der Waals surface area (Å²) >= 11 is 0.